The highest BCUT2D eigenvalue weighted by Gasteiger charge is 2.17. The minimum atomic E-state index is -0.00504. The van der Waals surface area contributed by atoms with Crippen molar-refractivity contribution < 1.29 is 9.47 Å². The molecular weight excluding hydrogens is 242 g/mol. The average molecular weight is 261 g/mol. The predicted octanol–water partition coefficient (Wildman–Crippen LogP) is 2.40. The monoisotopic (exact) mass is 261 g/mol. The van der Waals surface area contributed by atoms with Gasteiger partial charge in [-0.05, 0) is 26.0 Å². The zero-order chi connectivity index (χ0) is 14.0. The second-order valence-corrected chi connectivity index (χ2v) is 4.44. The number of hydrogen-bond donors (Lipinski definition) is 1. The molecule has 5 nitrogen and oxygen atoms in total. The Morgan fingerprint density at radius 1 is 1.21 bits per heavy atom. The van der Waals surface area contributed by atoms with Crippen molar-refractivity contribution in [2.75, 3.05) is 20.0 Å². The molecule has 2 aromatic rings. The summed E-state index contributed by atoms with van der Waals surface area (Å²) >= 11 is 0. The van der Waals surface area contributed by atoms with Crippen molar-refractivity contribution in [3.05, 3.63) is 35.5 Å². The van der Waals surface area contributed by atoms with Gasteiger partial charge in [-0.1, -0.05) is 0 Å². The number of benzene rings is 1. The van der Waals surface area contributed by atoms with E-state index in [1.54, 1.807) is 18.9 Å². The molecule has 0 aliphatic carbocycles. The fourth-order valence-corrected chi connectivity index (χ4v) is 2.14. The number of ether oxygens (including phenoxy) is 2. The maximum absolute atomic E-state index is 5.96. The lowest BCUT2D eigenvalue weighted by Gasteiger charge is -2.18. The van der Waals surface area contributed by atoms with Gasteiger partial charge in [-0.25, -0.2) is 4.68 Å². The van der Waals surface area contributed by atoms with Crippen LogP contribution in [0.15, 0.2) is 24.3 Å². The van der Waals surface area contributed by atoms with Crippen molar-refractivity contribution in [1.82, 2.24) is 9.78 Å². The van der Waals surface area contributed by atoms with Crippen LogP contribution in [0.25, 0.3) is 0 Å². The molecule has 1 unspecified atom stereocenters. The third kappa shape index (κ3) is 2.50. The Morgan fingerprint density at radius 3 is 2.47 bits per heavy atom. The summed E-state index contributed by atoms with van der Waals surface area (Å²) in [5, 5.41) is 4.41. The highest BCUT2D eigenvalue weighted by Crippen LogP contribution is 2.32. The molecule has 1 heterocycles. The average Bonchev–Trinajstić information content (AvgIpc) is 2.76. The summed E-state index contributed by atoms with van der Waals surface area (Å²) in [6.07, 6.45) is 0. The van der Waals surface area contributed by atoms with Crippen molar-refractivity contribution in [3.8, 4) is 11.5 Å². The van der Waals surface area contributed by atoms with E-state index in [-0.39, 0.29) is 6.04 Å². The summed E-state index contributed by atoms with van der Waals surface area (Å²) in [4.78, 5) is 0. The summed E-state index contributed by atoms with van der Waals surface area (Å²) in [6.45, 7) is 3.96. The molecule has 0 radical (unpaired) electrons. The quantitative estimate of drug-likeness (QED) is 0.918. The molecule has 1 aromatic heterocycles. The standard InChI is InChI=1S/C14H19N3O2/c1-9-7-14(15)17(16-9)10(2)12-6-5-11(18-3)8-13(12)19-4/h5-8,10H,15H2,1-4H3. The van der Waals surface area contributed by atoms with Crippen LogP contribution in [0.1, 0.15) is 24.2 Å². The van der Waals surface area contributed by atoms with Crippen LogP contribution in [0.2, 0.25) is 0 Å². The molecule has 102 valence electrons. The highest BCUT2D eigenvalue weighted by atomic mass is 16.5. The van der Waals surface area contributed by atoms with Crippen LogP contribution < -0.4 is 15.2 Å². The van der Waals surface area contributed by atoms with Gasteiger partial charge in [-0.15, -0.1) is 0 Å². The Kier molecular flexibility index (Phi) is 3.64. The van der Waals surface area contributed by atoms with Gasteiger partial charge < -0.3 is 15.2 Å². The van der Waals surface area contributed by atoms with Gasteiger partial charge in [0.1, 0.15) is 17.3 Å². The molecule has 0 saturated heterocycles. The first kappa shape index (κ1) is 13.3. The largest absolute Gasteiger partial charge is 0.497 e. The molecule has 1 aromatic carbocycles. The normalized spacial score (nSPS) is 12.2. The van der Waals surface area contributed by atoms with Gasteiger partial charge in [0.25, 0.3) is 0 Å². The van der Waals surface area contributed by atoms with E-state index in [9.17, 15) is 0 Å². The van der Waals surface area contributed by atoms with Crippen molar-refractivity contribution in [3.63, 3.8) is 0 Å². The van der Waals surface area contributed by atoms with E-state index in [0.29, 0.717) is 5.82 Å². The number of anilines is 1. The summed E-state index contributed by atoms with van der Waals surface area (Å²) in [5.74, 6) is 2.17. The van der Waals surface area contributed by atoms with Gasteiger partial charge in [0.05, 0.1) is 26.0 Å². The number of aryl methyl sites for hydroxylation is 1. The Labute approximate surface area is 112 Å². The van der Waals surface area contributed by atoms with Gasteiger partial charge >= 0.3 is 0 Å². The van der Waals surface area contributed by atoms with E-state index in [0.717, 1.165) is 22.8 Å². The number of nitrogens with zero attached hydrogens (tertiary/aromatic N) is 2. The third-order valence-corrected chi connectivity index (χ3v) is 3.14. The van der Waals surface area contributed by atoms with Crippen molar-refractivity contribution in [2.45, 2.75) is 19.9 Å². The molecule has 2 rings (SSSR count). The zero-order valence-electron chi connectivity index (χ0n) is 11.7. The first-order valence-electron chi connectivity index (χ1n) is 6.10. The van der Waals surface area contributed by atoms with Crippen LogP contribution in [0, 0.1) is 6.92 Å². The molecular formula is C14H19N3O2. The molecule has 1 atom stereocenters. The minimum absolute atomic E-state index is 0.00504. The third-order valence-electron chi connectivity index (χ3n) is 3.14. The first-order chi connectivity index (χ1) is 9.06. The van der Waals surface area contributed by atoms with Crippen LogP contribution in [-0.2, 0) is 0 Å². The fraction of sp³-hybridized carbons (Fsp3) is 0.357. The summed E-state index contributed by atoms with van der Waals surface area (Å²) in [5.41, 5.74) is 7.87. The molecule has 0 aliphatic rings. The highest BCUT2D eigenvalue weighted by molar-refractivity contribution is 5.44. The molecule has 2 N–H and O–H groups in total. The minimum Gasteiger partial charge on any atom is -0.497 e. The van der Waals surface area contributed by atoms with Crippen molar-refractivity contribution >= 4 is 5.82 Å². The number of rotatable bonds is 4. The Bertz CT molecular complexity index is 578. The predicted molar refractivity (Wildman–Crippen MR) is 74.7 cm³/mol. The van der Waals surface area contributed by atoms with Crippen molar-refractivity contribution in [2.24, 2.45) is 0 Å². The maximum atomic E-state index is 5.96. The summed E-state index contributed by atoms with van der Waals surface area (Å²) in [7, 11) is 3.27. The fourth-order valence-electron chi connectivity index (χ4n) is 2.14. The van der Waals surface area contributed by atoms with E-state index < -0.39 is 0 Å². The van der Waals surface area contributed by atoms with Crippen LogP contribution in [0.4, 0.5) is 5.82 Å². The maximum Gasteiger partial charge on any atom is 0.127 e. The number of hydrogen-bond acceptors (Lipinski definition) is 4. The second-order valence-electron chi connectivity index (χ2n) is 4.44. The van der Waals surface area contributed by atoms with Gasteiger partial charge in [0.15, 0.2) is 0 Å². The summed E-state index contributed by atoms with van der Waals surface area (Å²) < 4.78 is 12.4. The van der Waals surface area contributed by atoms with Crippen LogP contribution in [-0.4, -0.2) is 24.0 Å². The van der Waals surface area contributed by atoms with Crippen LogP contribution in [0.5, 0.6) is 11.5 Å². The van der Waals surface area contributed by atoms with Gasteiger partial charge in [0, 0.05) is 17.7 Å². The smallest absolute Gasteiger partial charge is 0.127 e. The molecule has 0 amide bonds. The lowest BCUT2D eigenvalue weighted by molar-refractivity contribution is 0.385. The first-order valence-corrected chi connectivity index (χ1v) is 6.10. The molecule has 0 saturated carbocycles. The molecule has 0 aliphatic heterocycles. The zero-order valence-corrected chi connectivity index (χ0v) is 11.7. The second kappa shape index (κ2) is 5.22. The Balaban J connectivity index is 2.43. The number of nitrogens with two attached hydrogens (primary N) is 1. The lowest BCUT2D eigenvalue weighted by atomic mass is 10.1. The van der Waals surface area contributed by atoms with Gasteiger partial charge in [-0.2, -0.15) is 5.10 Å². The molecule has 5 heteroatoms. The lowest BCUT2D eigenvalue weighted by Crippen LogP contribution is -2.12. The summed E-state index contributed by atoms with van der Waals surface area (Å²) in [6, 6.07) is 7.58. The van der Waals surface area contributed by atoms with E-state index >= 15 is 0 Å². The molecule has 0 fully saturated rings. The van der Waals surface area contributed by atoms with Gasteiger partial charge in [0.2, 0.25) is 0 Å². The SMILES string of the molecule is COc1ccc(C(C)n2nc(C)cc2N)c(OC)c1. The van der Waals surface area contributed by atoms with E-state index in [1.807, 2.05) is 38.1 Å². The van der Waals surface area contributed by atoms with Crippen molar-refractivity contribution in [1.29, 1.82) is 0 Å². The van der Waals surface area contributed by atoms with E-state index in [1.165, 1.54) is 0 Å². The number of methoxy groups -OCH3 is 2. The molecule has 0 bridgehead atoms. The van der Waals surface area contributed by atoms with E-state index in [2.05, 4.69) is 5.10 Å². The topological polar surface area (TPSA) is 62.3 Å². The number of aromatic nitrogens is 2. The van der Waals surface area contributed by atoms with Crippen LogP contribution in [0.3, 0.4) is 0 Å². The molecule has 19 heavy (non-hydrogen) atoms. The molecule has 0 spiro atoms. The Hall–Kier alpha value is -2.17. The Morgan fingerprint density at radius 2 is 1.95 bits per heavy atom. The van der Waals surface area contributed by atoms with E-state index in [4.69, 9.17) is 15.2 Å². The van der Waals surface area contributed by atoms with Crippen LogP contribution >= 0.6 is 0 Å². The number of nitrogen functional groups attached to an aromatic ring is 1. The van der Waals surface area contributed by atoms with Gasteiger partial charge in [-0.3, -0.25) is 0 Å².